The summed E-state index contributed by atoms with van der Waals surface area (Å²) >= 11 is -2.00. The van der Waals surface area contributed by atoms with Crippen LogP contribution in [-0.4, -0.2) is 39.2 Å². The molecule has 0 saturated carbocycles. The zero-order valence-electron chi connectivity index (χ0n) is 11.9. The van der Waals surface area contributed by atoms with Gasteiger partial charge in [0.15, 0.2) is 0 Å². The third-order valence-electron chi connectivity index (χ3n) is 2.49. The third kappa shape index (κ3) is 4.82. The minimum absolute atomic E-state index is 0.0391. The molecule has 1 aromatic carbocycles. The molecule has 0 aliphatic rings. The standard InChI is InChI=1S/C13H19NO2S.2ClH.Ru/c1-10(2)16-13-8-7-12(9-11(13)3)17(6,15)14(4)5;;;/h3,7-10H,6H2,1-2,4-5H3;2*1H;/q;;;+2/p-2. The normalized spacial score (nSPS) is 15.1. The van der Waals surface area contributed by atoms with E-state index in [0.29, 0.717) is 10.6 Å². The quantitative estimate of drug-likeness (QED) is 0.536. The zero-order chi connectivity index (χ0) is 15.5. The van der Waals surface area contributed by atoms with Gasteiger partial charge in [-0.05, 0) is 0 Å². The third-order valence-corrected chi connectivity index (χ3v) is 6.49. The van der Waals surface area contributed by atoms with Crippen molar-refractivity contribution in [1.29, 1.82) is 0 Å². The van der Waals surface area contributed by atoms with Gasteiger partial charge in [-0.15, -0.1) is 0 Å². The predicted molar refractivity (Wildman–Crippen MR) is 86.3 cm³/mol. The molecular weight excluding hydrogens is 406 g/mol. The van der Waals surface area contributed by atoms with Crippen molar-refractivity contribution in [3.8, 4) is 5.75 Å². The van der Waals surface area contributed by atoms with E-state index in [9.17, 15) is 4.21 Å². The monoisotopic (exact) mass is 425 g/mol. The molecule has 0 bridgehead atoms. The van der Waals surface area contributed by atoms with Crippen LogP contribution < -0.4 is 4.74 Å². The second kappa shape index (κ2) is 7.37. The molecule has 0 radical (unpaired) electrons. The Morgan fingerprint density at radius 2 is 2.00 bits per heavy atom. The van der Waals surface area contributed by atoms with Crippen LogP contribution in [-0.2, 0) is 23.2 Å². The van der Waals surface area contributed by atoms with Gasteiger partial charge in [0.2, 0.25) is 0 Å². The average Bonchev–Trinajstić information content (AvgIpc) is 2.29. The van der Waals surface area contributed by atoms with E-state index in [1.54, 1.807) is 41.2 Å². The number of rotatable bonds is 5. The summed E-state index contributed by atoms with van der Waals surface area (Å²) in [4.78, 5) is 0.633. The van der Waals surface area contributed by atoms with E-state index in [1.165, 1.54) is 0 Å². The number of hydrogen-bond donors (Lipinski definition) is 0. The van der Waals surface area contributed by atoms with Crippen LogP contribution in [0.15, 0.2) is 23.1 Å². The molecule has 0 N–H and O–H groups in total. The van der Waals surface area contributed by atoms with Gasteiger partial charge in [0, 0.05) is 0 Å². The summed E-state index contributed by atoms with van der Waals surface area (Å²) < 4.78 is 21.7. The topological polar surface area (TPSA) is 29.5 Å². The average molecular weight is 425 g/mol. The van der Waals surface area contributed by atoms with Crippen molar-refractivity contribution in [2.24, 2.45) is 0 Å². The molecule has 0 heterocycles. The van der Waals surface area contributed by atoms with Crippen LogP contribution in [0.1, 0.15) is 19.4 Å². The van der Waals surface area contributed by atoms with Crippen molar-refractivity contribution in [1.82, 2.24) is 4.31 Å². The molecule has 20 heavy (non-hydrogen) atoms. The number of halogens is 2. The molecule has 0 saturated heterocycles. The molecule has 7 heteroatoms. The first-order chi connectivity index (χ1) is 9.14. The molecule has 0 spiro atoms. The second-order valence-corrected chi connectivity index (χ2v) is 12.8. The van der Waals surface area contributed by atoms with Gasteiger partial charge in [0.25, 0.3) is 0 Å². The fraction of sp³-hybridized carbons (Fsp3) is 0.385. The molecule has 3 nitrogen and oxygen atoms in total. The van der Waals surface area contributed by atoms with Gasteiger partial charge in [0.1, 0.15) is 0 Å². The summed E-state index contributed by atoms with van der Waals surface area (Å²) in [6, 6.07) is 5.35. The van der Waals surface area contributed by atoms with Crippen molar-refractivity contribution in [3.05, 3.63) is 23.8 Å². The Hall–Kier alpha value is 0.0734. The van der Waals surface area contributed by atoms with E-state index in [2.05, 4.69) is 5.87 Å². The van der Waals surface area contributed by atoms with E-state index in [1.807, 2.05) is 13.8 Å². The predicted octanol–water partition coefficient (Wildman–Crippen LogP) is 3.10. The first-order valence-corrected chi connectivity index (χ1v) is 13.0. The van der Waals surface area contributed by atoms with Crippen molar-refractivity contribution < 1.29 is 22.5 Å². The van der Waals surface area contributed by atoms with Crippen LogP contribution in [0.4, 0.5) is 0 Å². The van der Waals surface area contributed by atoms with E-state index in [0.717, 1.165) is 5.56 Å². The SMILES string of the molecule is C=S(=O)(c1ccc(OC(C)C)c([CH]=[Ru]([Cl])[Cl])c1)N(C)C. The Labute approximate surface area is 134 Å². The minimum atomic E-state index is -2.49. The summed E-state index contributed by atoms with van der Waals surface area (Å²) in [5.41, 5.74) is 0.776. The summed E-state index contributed by atoms with van der Waals surface area (Å²) in [6.45, 7) is 3.89. The molecule has 1 aromatic rings. The zero-order valence-corrected chi connectivity index (χ0v) is 15.9. The van der Waals surface area contributed by atoms with Gasteiger partial charge in [0.05, 0.1) is 0 Å². The fourth-order valence-corrected chi connectivity index (χ4v) is 4.26. The summed E-state index contributed by atoms with van der Waals surface area (Å²) in [6.07, 6.45) is 0.0391. The molecule has 1 atom stereocenters. The molecule has 1 unspecified atom stereocenters. The Morgan fingerprint density at radius 3 is 2.45 bits per heavy atom. The van der Waals surface area contributed by atoms with Gasteiger partial charge in [-0.3, -0.25) is 0 Å². The van der Waals surface area contributed by atoms with Crippen molar-refractivity contribution in [2.45, 2.75) is 24.8 Å². The summed E-state index contributed by atoms with van der Waals surface area (Å²) in [7, 11) is 12.9. The maximum absolute atomic E-state index is 12.6. The van der Waals surface area contributed by atoms with Gasteiger partial charge in [-0.2, -0.15) is 0 Å². The van der Waals surface area contributed by atoms with Crippen molar-refractivity contribution in [2.75, 3.05) is 14.1 Å². The number of hydrogen-bond acceptors (Lipinski definition) is 2. The first kappa shape index (κ1) is 18.1. The van der Waals surface area contributed by atoms with Gasteiger partial charge in [-0.1, -0.05) is 0 Å². The number of nitrogens with zero attached hydrogens (tertiary/aromatic N) is 1. The second-order valence-electron chi connectivity index (χ2n) is 4.63. The van der Waals surface area contributed by atoms with Gasteiger partial charge >= 0.3 is 135 Å². The van der Waals surface area contributed by atoms with E-state index in [-0.39, 0.29) is 6.10 Å². The molecular formula is C13H19Cl2NO2RuS. The van der Waals surface area contributed by atoms with Crippen LogP contribution in [0.25, 0.3) is 0 Å². The van der Waals surface area contributed by atoms with E-state index < -0.39 is 23.2 Å². The molecule has 0 aliphatic heterocycles. The van der Waals surface area contributed by atoms with Crippen LogP contribution in [0.3, 0.4) is 0 Å². The Balaban J connectivity index is 3.39. The molecule has 0 aliphatic carbocycles. The Kier molecular flexibility index (Phi) is 6.68. The molecule has 1 rings (SSSR count). The molecule has 116 valence electrons. The summed E-state index contributed by atoms with van der Waals surface area (Å²) in [5, 5.41) is 0. The van der Waals surface area contributed by atoms with E-state index in [4.69, 9.17) is 24.1 Å². The van der Waals surface area contributed by atoms with Crippen molar-refractivity contribution >= 4 is 39.6 Å². The first-order valence-electron chi connectivity index (χ1n) is 5.83. The molecule has 0 fully saturated rings. The van der Waals surface area contributed by atoms with Crippen LogP contribution >= 0.6 is 19.4 Å². The van der Waals surface area contributed by atoms with Gasteiger partial charge < -0.3 is 0 Å². The van der Waals surface area contributed by atoms with Crippen LogP contribution in [0.5, 0.6) is 5.75 Å². The number of benzene rings is 1. The molecule has 0 aromatic heterocycles. The Morgan fingerprint density at radius 1 is 1.40 bits per heavy atom. The van der Waals surface area contributed by atoms with Crippen LogP contribution in [0, 0.1) is 0 Å². The van der Waals surface area contributed by atoms with Crippen molar-refractivity contribution in [3.63, 3.8) is 0 Å². The maximum atomic E-state index is 12.6. The van der Waals surface area contributed by atoms with Crippen LogP contribution in [0.2, 0.25) is 0 Å². The summed E-state index contributed by atoms with van der Waals surface area (Å²) in [5.74, 6) is 4.49. The fourth-order valence-electron chi connectivity index (χ4n) is 1.46. The van der Waals surface area contributed by atoms with Gasteiger partial charge in [-0.25, -0.2) is 0 Å². The Bertz CT molecular complexity index is 609. The molecule has 0 amide bonds. The van der Waals surface area contributed by atoms with E-state index >= 15 is 0 Å². The number of ether oxygens (including phenoxy) is 1.